The van der Waals surface area contributed by atoms with E-state index in [2.05, 4.69) is 13.8 Å². The topological polar surface area (TPSA) is 89.9 Å². The molecule has 6 heteroatoms. The van der Waals surface area contributed by atoms with Gasteiger partial charge in [-0.15, -0.1) is 0 Å². The number of aliphatic hydroxyl groups is 1. The second-order valence-electron chi connectivity index (χ2n) is 10.8. The lowest BCUT2D eigenvalue weighted by Crippen LogP contribution is -2.62. The van der Waals surface area contributed by atoms with Crippen molar-refractivity contribution in [2.24, 2.45) is 34.5 Å². The molecule has 31 heavy (non-hydrogen) atoms. The van der Waals surface area contributed by atoms with Crippen LogP contribution in [0.1, 0.15) is 72.6 Å². The summed E-state index contributed by atoms with van der Waals surface area (Å²) in [7, 11) is 1.42. The van der Waals surface area contributed by atoms with E-state index in [9.17, 15) is 19.5 Å². The Hall–Kier alpha value is -1.69. The zero-order valence-corrected chi connectivity index (χ0v) is 18.1. The SMILES string of the molecule is C.COC(=O)[C@@H]1CC2=CC(=O)CC[C@]2(C)[C@@H]2[C@@H]1C1CCC3(CCC(=O)O3)[C@@]1(C)C[C@H]2O. The van der Waals surface area contributed by atoms with Gasteiger partial charge in [0.2, 0.25) is 0 Å². The molecule has 0 aromatic heterocycles. The van der Waals surface area contributed by atoms with Crippen LogP contribution in [-0.2, 0) is 23.9 Å². The highest BCUT2D eigenvalue weighted by Crippen LogP contribution is 2.70. The maximum Gasteiger partial charge on any atom is 0.309 e. The van der Waals surface area contributed by atoms with Crippen LogP contribution in [0, 0.1) is 34.5 Å². The molecule has 1 aliphatic heterocycles. The minimum Gasteiger partial charge on any atom is -0.469 e. The first-order valence-electron chi connectivity index (χ1n) is 11.4. The van der Waals surface area contributed by atoms with Gasteiger partial charge in [0.1, 0.15) is 5.60 Å². The Labute approximate surface area is 184 Å². The van der Waals surface area contributed by atoms with Crippen molar-refractivity contribution in [3.63, 3.8) is 0 Å². The van der Waals surface area contributed by atoms with Gasteiger partial charge in [-0.3, -0.25) is 14.4 Å². The third kappa shape index (κ3) is 2.82. The van der Waals surface area contributed by atoms with E-state index in [0.29, 0.717) is 38.5 Å². The summed E-state index contributed by atoms with van der Waals surface area (Å²) in [6.07, 6.45) is 6.21. The predicted molar refractivity (Wildman–Crippen MR) is 114 cm³/mol. The van der Waals surface area contributed by atoms with Gasteiger partial charge in [-0.2, -0.15) is 0 Å². The Morgan fingerprint density at radius 2 is 1.94 bits per heavy atom. The minimum absolute atomic E-state index is 0. The molecule has 0 aromatic carbocycles. The number of methoxy groups -OCH3 is 1. The maximum atomic E-state index is 12.9. The van der Waals surface area contributed by atoms with E-state index in [1.807, 2.05) is 0 Å². The molecule has 0 radical (unpaired) electrons. The van der Waals surface area contributed by atoms with E-state index in [4.69, 9.17) is 9.47 Å². The van der Waals surface area contributed by atoms with Gasteiger partial charge in [-0.05, 0) is 67.8 Å². The van der Waals surface area contributed by atoms with Crippen LogP contribution >= 0.6 is 0 Å². The number of hydrogen-bond donors (Lipinski definition) is 1. The first-order valence-corrected chi connectivity index (χ1v) is 11.4. The first-order chi connectivity index (χ1) is 14.1. The molecule has 1 heterocycles. The fourth-order valence-electron chi connectivity index (χ4n) is 8.35. The molecule has 172 valence electrons. The number of carbonyl (C=O) groups excluding carboxylic acids is 3. The van der Waals surface area contributed by atoms with Crippen LogP contribution in [0.25, 0.3) is 0 Å². The molecular formula is C25H36O6. The average Bonchev–Trinajstić information content (AvgIpc) is 3.21. The molecule has 3 saturated carbocycles. The number of allylic oxidation sites excluding steroid dienone is 1. The van der Waals surface area contributed by atoms with Gasteiger partial charge in [0.25, 0.3) is 0 Å². The molecule has 4 aliphatic carbocycles. The number of fused-ring (bicyclic) bond motifs is 6. The van der Waals surface area contributed by atoms with Crippen molar-refractivity contribution in [1.29, 1.82) is 0 Å². The van der Waals surface area contributed by atoms with Crippen LogP contribution in [0.2, 0.25) is 0 Å². The molecule has 4 fully saturated rings. The molecule has 1 spiro atoms. The Morgan fingerprint density at radius 3 is 2.58 bits per heavy atom. The van der Waals surface area contributed by atoms with Gasteiger partial charge >= 0.3 is 11.9 Å². The molecule has 5 aliphatic rings. The van der Waals surface area contributed by atoms with Crippen molar-refractivity contribution in [3.8, 4) is 0 Å². The summed E-state index contributed by atoms with van der Waals surface area (Å²) in [5.74, 6) is -0.636. The quantitative estimate of drug-likeness (QED) is 0.637. The highest BCUT2D eigenvalue weighted by molar-refractivity contribution is 5.92. The minimum atomic E-state index is -0.611. The largest absolute Gasteiger partial charge is 0.469 e. The molecular weight excluding hydrogens is 396 g/mol. The van der Waals surface area contributed by atoms with Crippen molar-refractivity contribution in [2.75, 3.05) is 7.11 Å². The van der Waals surface area contributed by atoms with Gasteiger partial charge in [0, 0.05) is 18.3 Å². The van der Waals surface area contributed by atoms with E-state index in [1.165, 1.54) is 7.11 Å². The van der Waals surface area contributed by atoms with E-state index in [-0.39, 0.29) is 59.7 Å². The van der Waals surface area contributed by atoms with Crippen LogP contribution in [0.4, 0.5) is 0 Å². The summed E-state index contributed by atoms with van der Waals surface area (Å²) in [6.45, 7) is 4.33. The Bertz CT molecular complexity index is 847. The number of rotatable bonds is 1. The number of esters is 2. The summed E-state index contributed by atoms with van der Waals surface area (Å²) in [4.78, 5) is 37.2. The molecule has 1 saturated heterocycles. The van der Waals surface area contributed by atoms with Gasteiger partial charge in [0.15, 0.2) is 5.78 Å². The highest BCUT2D eigenvalue weighted by atomic mass is 16.6. The Kier molecular flexibility index (Phi) is 5.20. The van der Waals surface area contributed by atoms with Gasteiger partial charge in [-0.1, -0.05) is 26.8 Å². The summed E-state index contributed by atoms with van der Waals surface area (Å²) < 4.78 is 11.2. The summed E-state index contributed by atoms with van der Waals surface area (Å²) in [6, 6.07) is 0. The van der Waals surface area contributed by atoms with Crippen molar-refractivity contribution in [3.05, 3.63) is 11.6 Å². The number of ketones is 1. The van der Waals surface area contributed by atoms with Crippen molar-refractivity contribution >= 4 is 17.7 Å². The zero-order valence-electron chi connectivity index (χ0n) is 18.1. The van der Waals surface area contributed by atoms with Crippen LogP contribution in [0.5, 0.6) is 0 Å². The van der Waals surface area contributed by atoms with Gasteiger partial charge in [-0.25, -0.2) is 0 Å². The lowest BCUT2D eigenvalue weighted by atomic mass is 9.43. The van der Waals surface area contributed by atoms with Gasteiger partial charge < -0.3 is 14.6 Å². The lowest BCUT2D eigenvalue weighted by Gasteiger charge is -2.62. The highest BCUT2D eigenvalue weighted by Gasteiger charge is 2.71. The van der Waals surface area contributed by atoms with E-state index < -0.39 is 11.7 Å². The number of carbonyl (C=O) groups is 3. The molecule has 5 rings (SSSR count). The van der Waals surface area contributed by atoms with Crippen molar-refractivity contribution in [1.82, 2.24) is 0 Å². The zero-order chi connectivity index (χ0) is 21.5. The van der Waals surface area contributed by atoms with E-state index >= 15 is 0 Å². The lowest BCUT2D eigenvalue weighted by molar-refractivity contribution is -0.197. The molecule has 1 N–H and O–H groups in total. The molecule has 0 aromatic rings. The van der Waals surface area contributed by atoms with Crippen molar-refractivity contribution in [2.45, 2.75) is 84.3 Å². The standard InChI is InChI=1S/C24H32O6.CH4/c1-22-7-4-14(25)10-13(22)11-15(21(28)29-3)19-16-5-8-24(9-6-18(27)30-24)23(16,2)12-17(26)20(19)22;/h10,15-17,19-20,26H,4-9,11-12H2,1-3H3;1H4/t15-,16?,17-,19+,20+,22+,23+,24?;/m1./s1. The molecule has 0 amide bonds. The van der Waals surface area contributed by atoms with Crippen molar-refractivity contribution < 1.29 is 29.0 Å². The predicted octanol–water partition coefficient (Wildman–Crippen LogP) is 3.60. The molecule has 8 atom stereocenters. The third-order valence-electron chi connectivity index (χ3n) is 9.79. The van der Waals surface area contributed by atoms with Crippen LogP contribution in [0.15, 0.2) is 11.6 Å². The van der Waals surface area contributed by atoms with E-state index in [1.54, 1.807) is 6.08 Å². The number of ether oxygens (including phenoxy) is 2. The molecule has 2 unspecified atom stereocenters. The monoisotopic (exact) mass is 432 g/mol. The molecule has 6 nitrogen and oxygen atoms in total. The van der Waals surface area contributed by atoms with E-state index in [0.717, 1.165) is 18.4 Å². The third-order valence-corrected chi connectivity index (χ3v) is 9.79. The molecule has 0 bridgehead atoms. The summed E-state index contributed by atoms with van der Waals surface area (Å²) in [5, 5.41) is 11.6. The smallest absolute Gasteiger partial charge is 0.309 e. The fraction of sp³-hybridized carbons (Fsp3) is 0.800. The second-order valence-corrected chi connectivity index (χ2v) is 10.8. The van der Waals surface area contributed by atoms with Crippen LogP contribution < -0.4 is 0 Å². The summed E-state index contributed by atoms with van der Waals surface area (Å²) >= 11 is 0. The normalized spacial score (nSPS) is 48.1. The number of aliphatic hydroxyl groups excluding tert-OH is 1. The van der Waals surface area contributed by atoms with Gasteiger partial charge in [0.05, 0.1) is 19.1 Å². The number of hydrogen-bond acceptors (Lipinski definition) is 6. The maximum absolute atomic E-state index is 12.9. The average molecular weight is 433 g/mol. The van der Waals surface area contributed by atoms with Crippen LogP contribution in [0.3, 0.4) is 0 Å². The second kappa shape index (κ2) is 7.16. The van der Waals surface area contributed by atoms with Crippen LogP contribution in [-0.4, -0.2) is 41.6 Å². The Morgan fingerprint density at radius 1 is 1.19 bits per heavy atom. The Balaban J connectivity index is 0.00000231. The fourth-order valence-corrected chi connectivity index (χ4v) is 8.35. The first kappa shape index (κ1) is 22.5. The summed E-state index contributed by atoms with van der Waals surface area (Å²) in [5.41, 5.74) is -0.168.